The summed E-state index contributed by atoms with van der Waals surface area (Å²) in [7, 11) is 0. The minimum absolute atomic E-state index is 0.0318. The van der Waals surface area contributed by atoms with E-state index in [-0.39, 0.29) is 19.0 Å². The van der Waals surface area contributed by atoms with Gasteiger partial charge in [-0.25, -0.2) is 8.81 Å². The molecule has 1 aliphatic heterocycles. The molecule has 0 amide bonds. The second-order valence-corrected chi connectivity index (χ2v) is 4.75. The lowest BCUT2D eigenvalue weighted by molar-refractivity contribution is -0.137. The molecule has 82 valence electrons. The molecule has 0 aromatic heterocycles. The highest BCUT2D eigenvalue weighted by atomic mass is 35.5. The number of carboxylic acids is 1. The number of halogens is 2. The van der Waals surface area contributed by atoms with Gasteiger partial charge in [0.2, 0.25) is 0 Å². The quantitative estimate of drug-likeness (QED) is 0.745. The molecule has 0 saturated carbocycles. The zero-order chi connectivity index (χ0) is 10.9. The maximum absolute atomic E-state index is 13.5. The summed E-state index contributed by atoms with van der Waals surface area (Å²) in [5, 5.41) is 8.54. The van der Waals surface area contributed by atoms with Gasteiger partial charge in [0.25, 0.3) is 0 Å². The van der Waals surface area contributed by atoms with E-state index in [4.69, 9.17) is 16.9 Å². The van der Waals surface area contributed by atoms with E-state index in [0.29, 0.717) is 6.42 Å². The summed E-state index contributed by atoms with van der Waals surface area (Å²) in [6.07, 6.45) is -0.560. The topological polar surface area (TPSA) is 40.5 Å². The van der Waals surface area contributed by atoms with E-state index < -0.39 is 17.6 Å². The SMILES string of the molecule is CC1(C)C(F)CN(Cl)C1CCC(=O)O. The highest BCUT2D eigenvalue weighted by Crippen LogP contribution is 2.41. The maximum atomic E-state index is 13.5. The fraction of sp³-hybridized carbons (Fsp3) is 0.889. The highest BCUT2D eigenvalue weighted by Gasteiger charge is 2.47. The lowest BCUT2D eigenvalue weighted by atomic mass is 9.81. The van der Waals surface area contributed by atoms with E-state index in [2.05, 4.69) is 0 Å². The summed E-state index contributed by atoms with van der Waals surface area (Å²) >= 11 is 5.84. The molecule has 2 atom stereocenters. The third kappa shape index (κ3) is 2.17. The Hall–Kier alpha value is -0.350. The molecule has 14 heavy (non-hydrogen) atoms. The van der Waals surface area contributed by atoms with Gasteiger partial charge in [-0.15, -0.1) is 0 Å². The van der Waals surface area contributed by atoms with Crippen molar-refractivity contribution < 1.29 is 14.3 Å². The highest BCUT2D eigenvalue weighted by molar-refractivity contribution is 6.13. The molecule has 0 aromatic carbocycles. The maximum Gasteiger partial charge on any atom is 0.303 e. The molecule has 1 N–H and O–H groups in total. The van der Waals surface area contributed by atoms with Crippen molar-refractivity contribution >= 4 is 17.7 Å². The van der Waals surface area contributed by atoms with Crippen LogP contribution in [0.3, 0.4) is 0 Å². The minimum atomic E-state index is -0.987. The first-order valence-electron chi connectivity index (χ1n) is 4.64. The lowest BCUT2D eigenvalue weighted by Crippen LogP contribution is -2.34. The molecule has 3 nitrogen and oxygen atoms in total. The summed E-state index contributed by atoms with van der Waals surface area (Å²) in [5.74, 6) is -0.867. The van der Waals surface area contributed by atoms with Crippen molar-refractivity contribution in [2.24, 2.45) is 5.41 Å². The first-order valence-corrected chi connectivity index (χ1v) is 4.97. The Morgan fingerprint density at radius 1 is 1.71 bits per heavy atom. The third-order valence-electron chi connectivity index (χ3n) is 2.97. The first-order chi connectivity index (χ1) is 6.35. The number of rotatable bonds is 3. The largest absolute Gasteiger partial charge is 0.481 e. The lowest BCUT2D eigenvalue weighted by Gasteiger charge is -2.29. The molecule has 0 bridgehead atoms. The van der Waals surface area contributed by atoms with Crippen LogP contribution in [0.15, 0.2) is 0 Å². The molecular formula is C9H15ClFNO2. The van der Waals surface area contributed by atoms with Crippen LogP contribution in [-0.2, 0) is 4.79 Å². The van der Waals surface area contributed by atoms with Crippen molar-refractivity contribution in [1.82, 2.24) is 4.42 Å². The molecule has 1 fully saturated rings. The number of hydrogen-bond acceptors (Lipinski definition) is 2. The van der Waals surface area contributed by atoms with Crippen molar-refractivity contribution in [1.29, 1.82) is 0 Å². The number of hydrogen-bond donors (Lipinski definition) is 1. The van der Waals surface area contributed by atoms with Crippen molar-refractivity contribution in [3.63, 3.8) is 0 Å². The Kier molecular flexibility index (Phi) is 3.37. The summed E-state index contributed by atoms with van der Waals surface area (Å²) in [6, 6.07) is -0.199. The molecular weight excluding hydrogens is 209 g/mol. The van der Waals surface area contributed by atoms with Gasteiger partial charge in [-0.1, -0.05) is 13.8 Å². The molecule has 1 saturated heterocycles. The summed E-state index contributed by atoms with van der Waals surface area (Å²) in [6.45, 7) is 3.75. The van der Waals surface area contributed by atoms with E-state index in [0.717, 1.165) is 0 Å². The fourth-order valence-electron chi connectivity index (χ4n) is 1.86. The van der Waals surface area contributed by atoms with E-state index >= 15 is 0 Å². The number of aliphatic carboxylic acids is 1. The van der Waals surface area contributed by atoms with Crippen molar-refractivity contribution in [3.05, 3.63) is 0 Å². The minimum Gasteiger partial charge on any atom is -0.481 e. The van der Waals surface area contributed by atoms with Crippen LogP contribution in [0.25, 0.3) is 0 Å². The standard InChI is InChI=1S/C9H15ClFNO2/c1-9(2)6(11)5-12(10)7(9)3-4-8(13)14/h6-7H,3-5H2,1-2H3,(H,13,14). The van der Waals surface area contributed by atoms with Crippen molar-refractivity contribution in [3.8, 4) is 0 Å². The van der Waals surface area contributed by atoms with Gasteiger partial charge < -0.3 is 5.11 Å². The van der Waals surface area contributed by atoms with Gasteiger partial charge in [-0.05, 0) is 18.2 Å². The van der Waals surface area contributed by atoms with Crippen LogP contribution in [0.5, 0.6) is 0 Å². The second kappa shape index (κ2) is 4.03. The van der Waals surface area contributed by atoms with Gasteiger partial charge in [0.1, 0.15) is 6.17 Å². The normalized spacial score (nSPS) is 32.0. The Morgan fingerprint density at radius 2 is 2.29 bits per heavy atom. The molecule has 2 unspecified atom stereocenters. The number of carbonyl (C=O) groups is 1. The summed E-state index contributed by atoms with van der Waals surface area (Å²) < 4.78 is 14.8. The van der Waals surface area contributed by atoms with Gasteiger partial charge >= 0.3 is 5.97 Å². The van der Waals surface area contributed by atoms with E-state index in [1.807, 2.05) is 0 Å². The monoisotopic (exact) mass is 223 g/mol. The number of alkyl halides is 1. The predicted octanol–water partition coefficient (Wildman–Crippen LogP) is 2.05. The Morgan fingerprint density at radius 3 is 2.64 bits per heavy atom. The number of carboxylic acid groups (broad SMARTS) is 1. The molecule has 1 heterocycles. The molecule has 0 aliphatic carbocycles. The van der Waals surface area contributed by atoms with Crippen molar-refractivity contribution in [2.45, 2.75) is 38.9 Å². The van der Waals surface area contributed by atoms with Gasteiger partial charge in [0.15, 0.2) is 0 Å². The van der Waals surface area contributed by atoms with Crippen LogP contribution in [0.2, 0.25) is 0 Å². The molecule has 5 heteroatoms. The molecule has 0 spiro atoms. The van der Waals surface area contributed by atoms with Crippen molar-refractivity contribution in [2.75, 3.05) is 6.54 Å². The smallest absolute Gasteiger partial charge is 0.303 e. The van der Waals surface area contributed by atoms with Gasteiger partial charge in [0.05, 0.1) is 0 Å². The first kappa shape index (κ1) is 11.7. The van der Waals surface area contributed by atoms with Crippen LogP contribution in [0.1, 0.15) is 26.7 Å². The predicted molar refractivity (Wildman–Crippen MR) is 51.9 cm³/mol. The van der Waals surface area contributed by atoms with Gasteiger partial charge in [-0.2, -0.15) is 0 Å². The molecule has 1 rings (SSSR count). The average molecular weight is 224 g/mol. The third-order valence-corrected chi connectivity index (χ3v) is 3.34. The average Bonchev–Trinajstić information content (AvgIpc) is 2.20. The Bertz CT molecular complexity index is 235. The Balaban J connectivity index is 2.62. The van der Waals surface area contributed by atoms with Gasteiger partial charge in [-0.3, -0.25) is 4.79 Å². The van der Waals surface area contributed by atoms with Crippen LogP contribution in [-0.4, -0.2) is 34.3 Å². The van der Waals surface area contributed by atoms with Gasteiger partial charge in [0, 0.05) is 24.4 Å². The van der Waals surface area contributed by atoms with Crippen LogP contribution in [0.4, 0.5) is 4.39 Å². The number of nitrogens with zero attached hydrogens (tertiary/aromatic N) is 1. The Labute approximate surface area is 87.9 Å². The van der Waals surface area contributed by atoms with Crippen LogP contribution >= 0.6 is 11.8 Å². The molecule has 0 aromatic rings. The van der Waals surface area contributed by atoms with E-state index in [1.165, 1.54) is 4.42 Å². The zero-order valence-corrected chi connectivity index (χ0v) is 9.09. The molecule has 1 aliphatic rings. The fourth-order valence-corrected chi connectivity index (χ4v) is 2.33. The van der Waals surface area contributed by atoms with Crippen LogP contribution < -0.4 is 0 Å². The van der Waals surface area contributed by atoms with E-state index in [9.17, 15) is 9.18 Å². The summed E-state index contributed by atoms with van der Waals surface area (Å²) in [4.78, 5) is 10.4. The zero-order valence-electron chi connectivity index (χ0n) is 8.33. The van der Waals surface area contributed by atoms with E-state index in [1.54, 1.807) is 13.8 Å². The van der Waals surface area contributed by atoms with Crippen LogP contribution in [0, 0.1) is 5.41 Å². The second-order valence-electron chi connectivity index (χ2n) is 4.32. The molecule has 0 radical (unpaired) electrons. The summed E-state index contributed by atoms with van der Waals surface area (Å²) in [5.41, 5.74) is -0.558.